The van der Waals surface area contributed by atoms with Gasteiger partial charge in [0.25, 0.3) is 5.79 Å². The van der Waals surface area contributed by atoms with Crippen molar-refractivity contribution < 1.29 is 114 Å². The number of carbonyl (C=O) groups is 3. The molecule has 10 heterocycles. The molecule has 0 N–H and O–H groups in total. The number of benzene rings is 3. The van der Waals surface area contributed by atoms with Crippen molar-refractivity contribution in [3.05, 3.63) is 130 Å². The van der Waals surface area contributed by atoms with Gasteiger partial charge in [-0.05, 0) is 184 Å². The zero-order chi connectivity index (χ0) is 95.1. The van der Waals surface area contributed by atoms with Crippen molar-refractivity contribution in [2.24, 2.45) is 109 Å². The van der Waals surface area contributed by atoms with E-state index < -0.39 is 204 Å². The third-order valence-electron chi connectivity index (χ3n) is 37.2. The zero-order valence-electron chi connectivity index (χ0n) is 83.3. The Balaban J connectivity index is 0.655. The van der Waals surface area contributed by atoms with Crippen LogP contribution < -0.4 is 0 Å². The molecule has 0 radical (unpaired) electrons. The number of allylic oxidation sites excluding steroid dienone is 2. The highest BCUT2D eigenvalue weighted by Gasteiger charge is 2.79. The highest BCUT2D eigenvalue weighted by Crippen LogP contribution is 2.77. The summed E-state index contributed by atoms with van der Waals surface area (Å²) in [7, 11) is 1.75. The van der Waals surface area contributed by atoms with E-state index in [1.165, 1.54) is 5.57 Å². The predicted octanol–water partition coefficient (Wildman–Crippen LogP) is 18.2. The number of ketones is 1. The van der Waals surface area contributed by atoms with E-state index >= 15 is 4.79 Å². The van der Waals surface area contributed by atoms with Gasteiger partial charge in [-0.3, -0.25) is 9.59 Å². The van der Waals surface area contributed by atoms with E-state index in [-0.39, 0.29) is 84.7 Å². The van der Waals surface area contributed by atoms with Crippen LogP contribution in [0.2, 0.25) is 0 Å². The molecule has 0 aromatic heterocycles. The van der Waals surface area contributed by atoms with Gasteiger partial charge >= 0.3 is 5.97 Å². The molecule has 10 aliphatic heterocycles. The van der Waals surface area contributed by atoms with Gasteiger partial charge in [0.2, 0.25) is 0 Å². The van der Waals surface area contributed by atoms with Crippen LogP contribution in [0.3, 0.4) is 0 Å². The fourth-order valence-corrected chi connectivity index (χ4v) is 28.3. The second-order valence-electron chi connectivity index (χ2n) is 45.6. The van der Waals surface area contributed by atoms with Crippen LogP contribution >= 0.6 is 0 Å². The summed E-state index contributed by atoms with van der Waals surface area (Å²) < 4.78 is 150. The molecule has 10 saturated heterocycles. The Morgan fingerprint density at radius 3 is 1.91 bits per heavy atom. The number of esters is 1. The van der Waals surface area contributed by atoms with Crippen LogP contribution in [0.1, 0.15) is 239 Å². The second kappa shape index (κ2) is 38.2. The first-order valence-corrected chi connectivity index (χ1v) is 50.8. The lowest BCUT2D eigenvalue weighted by molar-refractivity contribution is -0.465. The SMILES string of the molecule is CCC1O[C@@H](OC2[C@H](O[C@H]3CCC4(C)C5CC=C6C7CC(C)(C)CC[C@]7(C(=O)OC7([C@@H]8OC(C)[C@H](O[C@@H]9OC[C@@H](OCc%10ccccc%10)C(O[C@@H]%10OC[C@@]%11(CC)O[C@@H](c%12ccccc%12)OC%10%11)C9C)C9OC(C)(C)OC98)OC8C(C)[C@@H](N=[N+]=[N-])C(COCc9ccccc9)O[C@H]87)C(OC)C[C@@]6(C)[C@@]5(C)CC[C@H]4[C@@]3(C)C=O)OC(C(C)=O)[C@@H](C)[C@@H]2O[C@@H]2OC[C@@H](C)[C@H](C)C2C)C(C)[C@@H](C)[C@H]1C. The minimum absolute atomic E-state index is 0.00677. The molecule has 27 nitrogen and oxygen atoms in total. The van der Waals surface area contributed by atoms with E-state index in [0.29, 0.717) is 82.3 Å². The van der Waals surface area contributed by atoms with Crippen molar-refractivity contribution in [1.82, 2.24) is 0 Å². The Hall–Kier alpha value is -5.28. The summed E-state index contributed by atoms with van der Waals surface area (Å²) >= 11 is 0. The molecule has 18 rings (SSSR count). The van der Waals surface area contributed by atoms with E-state index in [0.717, 1.165) is 42.2 Å². The summed E-state index contributed by atoms with van der Waals surface area (Å²) in [6, 6.07) is 29.0. The van der Waals surface area contributed by atoms with Gasteiger partial charge in [0.1, 0.15) is 60.0 Å². The van der Waals surface area contributed by atoms with Crippen LogP contribution in [0.15, 0.2) is 108 Å². The molecule has 4 saturated carbocycles. The largest absolute Gasteiger partial charge is 0.426 e. The van der Waals surface area contributed by atoms with Crippen LogP contribution in [-0.4, -0.2) is 210 Å². The Morgan fingerprint density at radius 1 is 0.567 bits per heavy atom. The van der Waals surface area contributed by atoms with Gasteiger partial charge in [0.15, 0.2) is 61.5 Å². The number of Topliss-reactive ketones (excluding diaryl/α,β-unsaturated/α-hetero) is 1. The van der Waals surface area contributed by atoms with Crippen molar-refractivity contribution in [2.45, 2.75) is 394 Å². The molecule has 0 bridgehead atoms. The third-order valence-corrected chi connectivity index (χ3v) is 37.2. The highest BCUT2D eigenvalue weighted by molar-refractivity contribution is 5.81. The number of azide groups is 1. The number of methoxy groups -OCH3 is 1. The number of hydrogen-bond acceptors (Lipinski definition) is 25. The first-order chi connectivity index (χ1) is 63.9. The quantitative estimate of drug-likeness (QED) is 0.0130. The molecule has 3 aromatic rings. The number of rotatable bonds is 27. The smallest absolute Gasteiger partial charge is 0.318 e. The van der Waals surface area contributed by atoms with Gasteiger partial charge in [-0.25, -0.2) is 0 Å². The zero-order valence-corrected chi connectivity index (χ0v) is 83.3. The fraction of sp³-hybridized carbons (Fsp3) is 0.785. The van der Waals surface area contributed by atoms with Crippen molar-refractivity contribution in [3.8, 4) is 0 Å². The Labute approximate surface area is 793 Å². The third kappa shape index (κ3) is 17.1. The topological polar surface area (TPSA) is 294 Å². The molecule has 740 valence electrons. The predicted molar refractivity (Wildman–Crippen MR) is 493 cm³/mol. The molecule has 43 atom stereocenters. The molecular formula is C107H153N3O24. The number of aldehydes is 1. The lowest BCUT2D eigenvalue weighted by atomic mass is 9.33. The lowest BCUT2D eigenvalue weighted by Crippen LogP contribution is -2.82. The normalized spacial score (nSPS) is 48.7. The first kappa shape index (κ1) is 98.9. The van der Waals surface area contributed by atoms with E-state index in [1.807, 2.05) is 133 Å². The summed E-state index contributed by atoms with van der Waals surface area (Å²) in [4.78, 5) is 50.1. The Morgan fingerprint density at radius 2 is 1.22 bits per heavy atom. The van der Waals surface area contributed by atoms with Crippen LogP contribution in [0.25, 0.3) is 10.4 Å². The van der Waals surface area contributed by atoms with Crippen LogP contribution in [0, 0.1) is 104 Å². The van der Waals surface area contributed by atoms with Gasteiger partial charge in [-0.1, -0.05) is 225 Å². The van der Waals surface area contributed by atoms with E-state index in [1.54, 1.807) is 14.0 Å². The molecule has 3 aromatic carbocycles. The summed E-state index contributed by atoms with van der Waals surface area (Å²) in [6.45, 7) is 46.4. The summed E-state index contributed by atoms with van der Waals surface area (Å²) in [6.07, 6.45) is -7.21. The number of hydrogen-bond donors (Lipinski definition) is 0. The molecule has 15 aliphatic rings. The fourth-order valence-electron chi connectivity index (χ4n) is 28.3. The summed E-state index contributed by atoms with van der Waals surface area (Å²) in [5.41, 5.74) is 9.76. The summed E-state index contributed by atoms with van der Waals surface area (Å²) in [5, 5.41) is 4.40. The number of carbonyl (C=O) groups excluding carboxylic acids is 3. The Bertz CT molecular complexity index is 4680. The second-order valence-corrected chi connectivity index (χ2v) is 45.6. The van der Waals surface area contributed by atoms with E-state index in [4.69, 9.17) is 99.5 Å². The van der Waals surface area contributed by atoms with Crippen LogP contribution in [0.5, 0.6) is 0 Å². The molecule has 27 heteroatoms. The maximum Gasteiger partial charge on any atom is 0.318 e. The average molecular weight is 1870 g/mol. The monoisotopic (exact) mass is 1860 g/mol. The van der Waals surface area contributed by atoms with E-state index in [9.17, 15) is 15.1 Å². The standard InChI is InChI=1S/C107H153N3O24/c1-23-73-60(6)59(5)62(8)94(122-73)128-88-83(126-92-61(7)58(4)57(3)50-117-92)64(10)81(66(12)112)124-96(88)123-78-43-44-101(18)76(102(78,19)55-111)42-45-103(20)77(101)41-40-71-72-48-99(14,15)46-47-106(72,79(114-22)49-104(71,103)21)98(113)134-107(89-84(132-107)63(9)80(109-110-108)74(121-89)53-115-51-68-34-28-25-29-35-68)90-87-86(130-100(16,17)131-87)85(67(13)120-90)127-93-65(11)82(75(54-118-93)116-52-69-36-30-26-31-37-69)125-97-91-105(24-2,56-119-97)133-95(129-91)70-38-32-27-33-39-70/h25-40,55,57-65,67,72-97H,23-24,41-54,56H2,1-22H3/t57-,58+,59+,60-,61?,62?,63?,64-,65?,67?,72?,73?,74?,75-,76-,77?,78+,79?,80-,81?,82?,83+,84?,85+,86?,87?,88?,89-,90-,91?,92+,93+,94+,95+,96-,97+,101?,102-,103+,104-,105-,106-,107?/m1/s1. The van der Waals surface area contributed by atoms with E-state index in [2.05, 4.69) is 113 Å². The molecule has 0 spiro atoms. The van der Waals surface area contributed by atoms with Gasteiger partial charge in [0.05, 0.1) is 99.9 Å². The van der Waals surface area contributed by atoms with Crippen LogP contribution in [-0.2, 0) is 127 Å². The van der Waals surface area contributed by atoms with Crippen molar-refractivity contribution in [1.29, 1.82) is 0 Å². The summed E-state index contributed by atoms with van der Waals surface area (Å²) in [5.74, 6) is -4.68. The minimum atomic E-state index is -2.05. The Kier molecular flexibility index (Phi) is 28.2. The molecule has 134 heavy (non-hydrogen) atoms. The molecule has 5 aliphatic carbocycles. The van der Waals surface area contributed by atoms with Crippen LogP contribution in [0.4, 0.5) is 0 Å². The van der Waals surface area contributed by atoms with Crippen molar-refractivity contribution >= 4 is 18.0 Å². The van der Waals surface area contributed by atoms with Crippen molar-refractivity contribution in [2.75, 3.05) is 33.5 Å². The first-order valence-electron chi connectivity index (χ1n) is 50.8. The molecule has 14 fully saturated rings. The van der Waals surface area contributed by atoms with Gasteiger partial charge in [0, 0.05) is 41.3 Å². The molecule has 19 unspecified atom stereocenters. The van der Waals surface area contributed by atoms with Crippen molar-refractivity contribution in [3.63, 3.8) is 0 Å². The minimum Gasteiger partial charge on any atom is -0.426 e. The average Bonchev–Trinajstić information content (AvgIpc) is 0.718. The number of ether oxygens (including phenoxy) is 21. The number of nitrogens with zero attached hydrogens (tertiary/aromatic N) is 3. The van der Waals surface area contributed by atoms with Gasteiger partial charge in [-0.2, -0.15) is 0 Å². The highest BCUT2D eigenvalue weighted by atomic mass is 16.8. The molecular weight excluding hydrogens is 1710 g/mol. The lowest BCUT2D eigenvalue weighted by Gasteiger charge is -2.72. The molecule has 0 amide bonds. The number of fused-ring (bicyclic) bond motifs is 10. The van der Waals surface area contributed by atoms with Gasteiger partial charge in [-0.15, -0.1) is 0 Å². The van der Waals surface area contributed by atoms with Gasteiger partial charge < -0.3 is 104 Å². The maximum atomic E-state index is 17.7. The maximum absolute atomic E-state index is 17.7.